The Morgan fingerprint density at radius 2 is 2.08 bits per heavy atom. The zero-order valence-electron chi connectivity index (χ0n) is 16.2. The molecule has 2 rings (SSSR count). The Morgan fingerprint density at radius 3 is 2.77 bits per heavy atom. The lowest BCUT2D eigenvalue weighted by Gasteiger charge is -2.20. The molecule has 3 unspecified atom stereocenters. The molecule has 0 spiro atoms. The summed E-state index contributed by atoms with van der Waals surface area (Å²) in [6.07, 6.45) is 10.4. The van der Waals surface area contributed by atoms with E-state index in [4.69, 9.17) is 9.84 Å². The van der Waals surface area contributed by atoms with Gasteiger partial charge in [-0.15, -0.1) is 0 Å². The minimum atomic E-state index is -0.923. The number of ether oxygens (including phenoxy) is 1. The Kier molecular flexibility index (Phi) is 8.58. The van der Waals surface area contributed by atoms with Gasteiger partial charge in [0.25, 0.3) is 0 Å². The summed E-state index contributed by atoms with van der Waals surface area (Å²) in [4.78, 5) is 10.5. The summed E-state index contributed by atoms with van der Waals surface area (Å²) in [6, 6.07) is 0. The number of hydrogen-bond donors (Lipinski definition) is 3. The first-order chi connectivity index (χ1) is 12.4. The molecular weight excluding hydrogens is 332 g/mol. The van der Waals surface area contributed by atoms with Crippen LogP contribution in [0.1, 0.15) is 58.8 Å². The third-order valence-corrected chi connectivity index (χ3v) is 6.35. The van der Waals surface area contributed by atoms with Crippen LogP contribution in [0, 0.1) is 29.6 Å². The summed E-state index contributed by atoms with van der Waals surface area (Å²) >= 11 is 0. The van der Waals surface area contributed by atoms with Gasteiger partial charge in [0.15, 0.2) is 0 Å². The molecule has 5 nitrogen and oxygen atoms in total. The zero-order chi connectivity index (χ0) is 19.1. The fraction of sp³-hybridized carbons (Fsp3) is 0.857. The minimum Gasteiger partial charge on any atom is -0.480 e. The van der Waals surface area contributed by atoms with Crippen LogP contribution in [-0.2, 0) is 9.53 Å². The predicted molar refractivity (Wildman–Crippen MR) is 101 cm³/mol. The second-order valence-corrected chi connectivity index (χ2v) is 8.37. The predicted octanol–water partition coefficient (Wildman–Crippen LogP) is 3.24. The van der Waals surface area contributed by atoms with Gasteiger partial charge in [0.2, 0.25) is 0 Å². The highest BCUT2D eigenvalue weighted by atomic mass is 16.5. The van der Waals surface area contributed by atoms with Gasteiger partial charge in [0, 0.05) is 12.5 Å². The van der Waals surface area contributed by atoms with Gasteiger partial charge in [-0.2, -0.15) is 0 Å². The molecule has 0 saturated heterocycles. The van der Waals surface area contributed by atoms with Crippen molar-refractivity contribution in [1.82, 2.24) is 0 Å². The smallest absolute Gasteiger partial charge is 0.329 e. The Bertz CT molecular complexity index is 463. The SMILES string of the molecule is CCCCC(C)C(O)C=C[C@H]1[C@@H]2CC(CCOCC(=O)O)C[C@H]2C[C@@H]1O. The summed E-state index contributed by atoms with van der Waals surface area (Å²) in [5.74, 6) is 1.04. The lowest BCUT2D eigenvalue weighted by Crippen LogP contribution is -2.20. The maximum Gasteiger partial charge on any atom is 0.329 e. The number of carboxylic acid groups (broad SMARTS) is 1. The Labute approximate surface area is 157 Å². The largest absolute Gasteiger partial charge is 0.480 e. The van der Waals surface area contributed by atoms with E-state index in [9.17, 15) is 15.0 Å². The number of unbranched alkanes of at least 4 members (excludes halogenated alkanes) is 1. The molecule has 26 heavy (non-hydrogen) atoms. The number of fused-ring (bicyclic) bond motifs is 1. The molecule has 2 aliphatic rings. The number of carbonyl (C=O) groups is 1. The van der Waals surface area contributed by atoms with E-state index >= 15 is 0 Å². The second-order valence-electron chi connectivity index (χ2n) is 8.37. The van der Waals surface area contributed by atoms with Gasteiger partial charge in [-0.1, -0.05) is 38.8 Å². The first-order valence-corrected chi connectivity index (χ1v) is 10.3. The van der Waals surface area contributed by atoms with Crippen molar-refractivity contribution in [3.05, 3.63) is 12.2 Å². The van der Waals surface area contributed by atoms with Gasteiger partial charge < -0.3 is 20.1 Å². The molecule has 7 atom stereocenters. The fourth-order valence-electron chi connectivity index (χ4n) is 4.82. The molecule has 2 saturated carbocycles. The molecule has 3 N–H and O–H groups in total. The summed E-state index contributed by atoms with van der Waals surface area (Å²) in [5.41, 5.74) is 0. The number of aliphatic hydroxyl groups excluding tert-OH is 2. The molecule has 2 aliphatic carbocycles. The Morgan fingerprint density at radius 1 is 1.31 bits per heavy atom. The van der Waals surface area contributed by atoms with Crippen LogP contribution < -0.4 is 0 Å². The zero-order valence-corrected chi connectivity index (χ0v) is 16.2. The molecule has 0 aromatic carbocycles. The Balaban J connectivity index is 1.80. The molecule has 2 fully saturated rings. The van der Waals surface area contributed by atoms with Crippen LogP contribution in [-0.4, -0.2) is 46.7 Å². The van der Waals surface area contributed by atoms with Crippen LogP contribution in [0.3, 0.4) is 0 Å². The van der Waals surface area contributed by atoms with Gasteiger partial charge >= 0.3 is 5.97 Å². The second kappa shape index (κ2) is 10.4. The van der Waals surface area contributed by atoms with Crippen molar-refractivity contribution in [3.63, 3.8) is 0 Å². The van der Waals surface area contributed by atoms with E-state index in [0.29, 0.717) is 24.4 Å². The summed E-state index contributed by atoms with van der Waals surface area (Å²) in [7, 11) is 0. The van der Waals surface area contributed by atoms with Crippen molar-refractivity contribution in [2.45, 2.75) is 71.0 Å². The van der Waals surface area contributed by atoms with Crippen LogP contribution in [0.15, 0.2) is 12.2 Å². The highest BCUT2D eigenvalue weighted by Gasteiger charge is 2.46. The van der Waals surface area contributed by atoms with Crippen molar-refractivity contribution < 1.29 is 24.9 Å². The topological polar surface area (TPSA) is 87.0 Å². The van der Waals surface area contributed by atoms with Gasteiger partial charge in [0.1, 0.15) is 6.61 Å². The van der Waals surface area contributed by atoms with E-state index in [-0.39, 0.29) is 24.5 Å². The number of aliphatic carboxylic acids is 1. The quantitative estimate of drug-likeness (QED) is 0.385. The van der Waals surface area contributed by atoms with E-state index < -0.39 is 12.1 Å². The molecule has 0 bridgehead atoms. The standard InChI is InChI=1S/C21H36O5/c1-3-4-5-14(2)19(22)7-6-17-18-11-15(8-9-26-13-21(24)25)10-16(18)12-20(17)23/h6-7,14-20,22-23H,3-5,8-13H2,1-2H3,(H,24,25)/t14?,15?,16-,17-,18+,19?,20-/m0/s1. The van der Waals surface area contributed by atoms with Crippen molar-refractivity contribution in [1.29, 1.82) is 0 Å². The van der Waals surface area contributed by atoms with Gasteiger partial charge in [0.05, 0.1) is 12.2 Å². The number of aliphatic hydroxyl groups is 2. The summed E-state index contributed by atoms with van der Waals surface area (Å²) in [6.45, 7) is 4.51. The number of hydrogen-bond acceptors (Lipinski definition) is 4. The van der Waals surface area contributed by atoms with E-state index in [1.165, 1.54) is 0 Å². The van der Waals surface area contributed by atoms with Crippen LogP contribution in [0.4, 0.5) is 0 Å². The fourth-order valence-corrected chi connectivity index (χ4v) is 4.82. The highest BCUT2D eigenvalue weighted by Crippen LogP contribution is 2.51. The van der Waals surface area contributed by atoms with Gasteiger partial charge in [-0.25, -0.2) is 4.79 Å². The lowest BCUT2D eigenvalue weighted by atomic mass is 9.88. The summed E-state index contributed by atoms with van der Waals surface area (Å²) in [5, 5.41) is 29.4. The van der Waals surface area contributed by atoms with Crippen LogP contribution >= 0.6 is 0 Å². The van der Waals surface area contributed by atoms with Crippen molar-refractivity contribution in [2.75, 3.05) is 13.2 Å². The number of carboxylic acids is 1. The molecule has 150 valence electrons. The summed E-state index contributed by atoms with van der Waals surface area (Å²) < 4.78 is 5.17. The minimum absolute atomic E-state index is 0.137. The van der Waals surface area contributed by atoms with Crippen molar-refractivity contribution in [3.8, 4) is 0 Å². The third kappa shape index (κ3) is 6.07. The molecular formula is C21H36O5. The maximum absolute atomic E-state index is 10.5. The molecule has 5 heteroatoms. The average Bonchev–Trinajstić information content (AvgIpc) is 3.10. The van der Waals surface area contributed by atoms with E-state index in [1.54, 1.807) is 0 Å². The molecule has 0 aliphatic heterocycles. The van der Waals surface area contributed by atoms with Crippen molar-refractivity contribution in [2.24, 2.45) is 29.6 Å². The molecule has 0 amide bonds. The van der Waals surface area contributed by atoms with Crippen LogP contribution in [0.25, 0.3) is 0 Å². The van der Waals surface area contributed by atoms with Crippen LogP contribution in [0.2, 0.25) is 0 Å². The normalized spacial score (nSPS) is 33.5. The Hall–Kier alpha value is -0.910. The monoisotopic (exact) mass is 368 g/mol. The molecule has 0 heterocycles. The van der Waals surface area contributed by atoms with Gasteiger partial charge in [-0.3, -0.25) is 0 Å². The molecule has 0 aromatic rings. The molecule has 0 aromatic heterocycles. The first kappa shape index (κ1) is 21.4. The number of rotatable bonds is 11. The average molecular weight is 369 g/mol. The third-order valence-electron chi connectivity index (χ3n) is 6.35. The van der Waals surface area contributed by atoms with Crippen molar-refractivity contribution >= 4 is 5.97 Å². The maximum atomic E-state index is 10.5. The van der Waals surface area contributed by atoms with E-state index in [1.807, 2.05) is 6.08 Å². The van der Waals surface area contributed by atoms with E-state index in [0.717, 1.165) is 44.9 Å². The van der Waals surface area contributed by atoms with Crippen LogP contribution in [0.5, 0.6) is 0 Å². The molecule has 0 radical (unpaired) electrons. The first-order valence-electron chi connectivity index (χ1n) is 10.3. The lowest BCUT2D eigenvalue weighted by molar-refractivity contribution is -0.142. The van der Waals surface area contributed by atoms with Gasteiger partial charge in [-0.05, 0) is 55.8 Å². The highest BCUT2D eigenvalue weighted by molar-refractivity contribution is 5.67. The van der Waals surface area contributed by atoms with E-state index in [2.05, 4.69) is 19.9 Å².